The number of carbonyl (C=O) groups excluding carboxylic acids is 1. The van der Waals surface area contributed by atoms with Crippen molar-refractivity contribution >= 4 is 5.91 Å². The predicted octanol–water partition coefficient (Wildman–Crippen LogP) is 3.82. The number of aryl methyl sites for hydroxylation is 2. The third-order valence-corrected chi connectivity index (χ3v) is 4.86. The molecule has 24 heavy (non-hydrogen) atoms. The Bertz CT molecular complexity index is 673. The maximum atomic E-state index is 13.1. The SMILES string of the molecule is CCCc1cc(C(=O)N(Cc2ccccc2)CC2CCC2)n(C)n1. The van der Waals surface area contributed by atoms with E-state index in [9.17, 15) is 4.79 Å². The van der Waals surface area contributed by atoms with Crippen LogP contribution in [0.1, 0.15) is 54.4 Å². The molecule has 0 spiro atoms. The van der Waals surface area contributed by atoms with Gasteiger partial charge in [-0.25, -0.2) is 0 Å². The quantitative estimate of drug-likeness (QED) is 0.776. The van der Waals surface area contributed by atoms with Crippen molar-refractivity contribution in [1.82, 2.24) is 14.7 Å². The lowest BCUT2D eigenvalue weighted by Gasteiger charge is -2.32. The van der Waals surface area contributed by atoms with Crippen LogP contribution in [0.4, 0.5) is 0 Å². The van der Waals surface area contributed by atoms with Crippen molar-refractivity contribution in [3.05, 3.63) is 53.3 Å². The van der Waals surface area contributed by atoms with Gasteiger partial charge < -0.3 is 4.90 Å². The average Bonchev–Trinajstić information content (AvgIpc) is 2.91. The fourth-order valence-corrected chi connectivity index (χ4v) is 3.28. The number of aromatic nitrogens is 2. The first kappa shape index (κ1) is 16.7. The van der Waals surface area contributed by atoms with Crippen LogP contribution in [0.5, 0.6) is 0 Å². The minimum atomic E-state index is 0.100. The molecular weight excluding hydrogens is 298 g/mol. The van der Waals surface area contributed by atoms with Crippen LogP contribution in [0.25, 0.3) is 0 Å². The van der Waals surface area contributed by atoms with Crippen LogP contribution in [-0.2, 0) is 20.0 Å². The zero-order valence-corrected chi connectivity index (χ0v) is 14.7. The van der Waals surface area contributed by atoms with E-state index in [2.05, 4.69) is 24.2 Å². The first-order valence-electron chi connectivity index (χ1n) is 9.03. The van der Waals surface area contributed by atoms with E-state index in [-0.39, 0.29) is 5.91 Å². The van der Waals surface area contributed by atoms with E-state index in [0.717, 1.165) is 25.1 Å². The molecule has 1 saturated carbocycles. The molecule has 0 atom stereocenters. The van der Waals surface area contributed by atoms with Gasteiger partial charge in [-0.15, -0.1) is 0 Å². The summed E-state index contributed by atoms with van der Waals surface area (Å²) in [4.78, 5) is 15.1. The molecule has 2 aromatic rings. The molecule has 4 nitrogen and oxygen atoms in total. The second-order valence-electron chi connectivity index (χ2n) is 6.86. The van der Waals surface area contributed by atoms with Gasteiger partial charge in [0, 0.05) is 20.1 Å². The molecule has 0 aliphatic heterocycles. The highest BCUT2D eigenvalue weighted by Gasteiger charge is 2.26. The second-order valence-corrected chi connectivity index (χ2v) is 6.86. The third-order valence-electron chi connectivity index (χ3n) is 4.86. The summed E-state index contributed by atoms with van der Waals surface area (Å²) in [6.45, 7) is 3.65. The average molecular weight is 325 g/mol. The Morgan fingerprint density at radius 3 is 2.67 bits per heavy atom. The van der Waals surface area contributed by atoms with Crippen molar-refractivity contribution in [2.45, 2.75) is 45.6 Å². The first-order chi connectivity index (χ1) is 11.7. The van der Waals surface area contributed by atoms with Crippen molar-refractivity contribution in [3.63, 3.8) is 0 Å². The van der Waals surface area contributed by atoms with Gasteiger partial charge in [-0.1, -0.05) is 50.1 Å². The summed E-state index contributed by atoms with van der Waals surface area (Å²) in [5, 5.41) is 4.49. The number of rotatable bonds is 7. The van der Waals surface area contributed by atoms with Gasteiger partial charge in [0.25, 0.3) is 5.91 Å². The van der Waals surface area contributed by atoms with E-state index in [0.29, 0.717) is 18.2 Å². The minimum Gasteiger partial charge on any atom is -0.333 e. The summed E-state index contributed by atoms with van der Waals surface area (Å²) in [7, 11) is 1.87. The largest absolute Gasteiger partial charge is 0.333 e. The number of hydrogen-bond acceptors (Lipinski definition) is 2. The molecule has 1 aromatic carbocycles. The summed E-state index contributed by atoms with van der Waals surface area (Å²) in [5.41, 5.74) is 2.89. The van der Waals surface area contributed by atoms with Crippen LogP contribution in [-0.4, -0.2) is 27.1 Å². The third kappa shape index (κ3) is 3.86. The van der Waals surface area contributed by atoms with Crippen molar-refractivity contribution in [2.24, 2.45) is 13.0 Å². The zero-order valence-electron chi connectivity index (χ0n) is 14.7. The van der Waals surface area contributed by atoms with Crippen molar-refractivity contribution < 1.29 is 4.79 Å². The standard InChI is InChI=1S/C20H27N3O/c1-3-8-18-13-19(22(2)21-18)20(24)23(15-17-11-7-12-17)14-16-9-5-4-6-10-16/h4-6,9-10,13,17H,3,7-8,11-12,14-15H2,1-2H3. The number of amides is 1. The maximum absolute atomic E-state index is 13.1. The maximum Gasteiger partial charge on any atom is 0.272 e. The summed E-state index contributed by atoms with van der Waals surface area (Å²) in [6.07, 6.45) is 5.74. The highest BCUT2D eigenvalue weighted by Crippen LogP contribution is 2.28. The van der Waals surface area contributed by atoms with Gasteiger partial charge in [-0.05, 0) is 36.8 Å². The van der Waals surface area contributed by atoms with Crippen molar-refractivity contribution in [3.8, 4) is 0 Å². The number of benzene rings is 1. The predicted molar refractivity (Wildman–Crippen MR) is 95.7 cm³/mol. The van der Waals surface area contributed by atoms with E-state index in [1.807, 2.05) is 36.2 Å². The fourth-order valence-electron chi connectivity index (χ4n) is 3.28. The van der Waals surface area contributed by atoms with Crippen LogP contribution >= 0.6 is 0 Å². The minimum absolute atomic E-state index is 0.100. The topological polar surface area (TPSA) is 38.1 Å². The molecule has 3 rings (SSSR count). The molecule has 1 amide bonds. The van der Waals surface area contributed by atoms with Crippen LogP contribution in [0.15, 0.2) is 36.4 Å². The molecular formula is C20H27N3O. The van der Waals surface area contributed by atoms with Crippen molar-refractivity contribution in [1.29, 1.82) is 0 Å². The molecule has 1 fully saturated rings. The molecule has 0 saturated heterocycles. The molecule has 1 heterocycles. The lowest BCUT2D eigenvalue weighted by molar-refractivity contribution is 0.0668. The zero-order chi connectivity index (χ0) is 16.9. The summed E-state index contributed by atoms with van der Waals surface area (Å²) < 4.78 is 1.74. The lowest BCUT2D eigenvalue weighted by Crippen LogP contribution is -2.37. The van der Waals surface area contributed by atoms with E-state index in [1.165, 1.54) is 24.8 Å². The van der Waals surface area contributed by atoms with Crippen LogP contribution < -0.4 is 0 Å². The van der Waals surface area contributed by atoms with Gasteiger partial charge in [0.15, 0.2) is 0 Å². The summed E-state index contributed by atoms with van der Waals surface area (Å²) >= 11 is 0. The van der Waals surface area contributed by atoms with Gasteiger partial charge in [-0.3, -0.25) is 9.48 Å². The van der Waals surface area contributed by atoms with Crippen LogP contribution in [0, 0.1) is 5.92 Å². The number of nitrogens with zero attached hydrogens (tertiary/aromatic N) is 3. The number of hydrogen-bond donors (Lipinski definition) is 0. The Kier molecular flexibility index (Phi) is 5.34. The lowest BCUT2D eigenvalue weighted by atomic mass is 9.85. The first-order valence-corrected chi connectivity index (χ1v) is 9.03. The van der Waals surface area contributed by atoms with Gasteiger partial charge in [0.05, 0.1) is 5.69 Å². The Balaban J connectivity index is 1.79. The molecule has 0 bridgehead atoms. The van der Waals surface area contributed by atoms with Crippen molar-refractivity contribution in [2.75, 3.05) is 6.54 Å². The highest BCUT2D eigenvalue weighted by molar-refractivity contribution is 5.92. The van der Waals surface area contributed by atoms with Gasteiger partial charge in [-0.2, -0.15) is 5.10 Å². The van der Waals surface area contributed by atoms with Crippen LogP contribution in [0.3, 0.4) is 0 Å². The highest BCUT2D eigenvalue weighted by atomic mass is 16.2. The molecule has 128 valence electrons. The number of carbonyl (C=O) groups is 1. The van der Waals surface area contributed by atoms with E-state index < -0.39 is 0 Å². The normalized spacial score (nSPS) is 14.4. The second kappa shape index (κ2) is 7.65. The van der Waals surface area contributed by atoms with E-state index >= 15 is 0 Å². The molecule has 1 aliphatic rings. The molecule has 0 N–H and O–H groups in total. The van der Waals surface area contributed by atoms with Gasteiger partial charge in [0.2, 0.25) is 0 Å². The van der Waals surface area contributed by atoms with Gasteiger partial charge in [0.1, 0.15) is 5.69 Å². The Morgan fingerprint density at radius 1 is 1.29 bits per heavy atom. The van der Waals surface area contributed by atoms with Crippen LogP contribution in [0.2, 0.25) is 0 Å². The molecule has 1 aromatic heterocycles. The Labute approximate surface area is 144 Å². The molecule has 4 heteroatoms. The van der Waals surface area contributed by atoms with E-state index in [4.69, 9.17) is 0 Å². The monoisotopic (exact) mass is 325 g/mol. The fraction of sp³-hybridized carbons (Fsp3) is 0.500. The van der Waals surface area contributed by atoms with Gasteiger partial charge >= 0.3 is 0 Å². The van der Waals surface area contributed by atoms with E-state index in [1.54, 1.807) is 4.68 Å². The Morgan fingerprint density at radius 2 is 2.04 bits per heavy atom. The molecule has 0 unspecified atom stereocenters. The Hall–Kier alpha value is -2.10. The smallest absolute Gasteiger partial charge is 0.272 e. The molecule has 1 aliphatic carbocycles. The molecule has 0 radical (unpaired) electrons. The summed E-state index contributed by atoms with van der Waals surface area (Å²) in [5.74, 6) is 0.754. The summed E-state index contributed by atoms with van der Waals surface area (Å²) in [6, 6.07) is 12.2.